The van der Waals surface area contributed by atoms with Gasteiger partial charge in [0.15, 0.2) is 17.9 Å². The minimum Gasteiger partial charge on any atom is -0.394 e. The fraction of sp³-hybridized carbons (Fsp3) is 0.500. The number of rotatable bonds is 4. The fourth-order valence-corrected chi connectivity index (χ4v) is 2.08. The van der Waals surface area contributed by atoms with Crippen LogP contribution in [0.1, 0.15) is 11.9 Å². The topological polar surface area (TPSA) is 229 Å². The molecule has 13 heteroatoms. The number of aliphatic hydroxyl groups is 3. The quantitative estimate of drug-likeness (QED) is 0.196. The summed E-state index contributed by atoms with van der Waals surface area (Å²) in [6, 6.07) is 0. The maximum atomic E-state index is 12.4. The molecule has 4 unspecified atom stereocenters. The van der Waals surface area contributed by atoms with E-state index in [1.807, 2.05) is 0 Å². The number of nitrogen functional groups attached to an aromatic ring is 1. The average Bonchev–Trinajstić information content (AvgIpc) is 2.76. The van der Waals surface area contributed by atoms with Gasteiger partial charge in [-0.1, -0.05) is 5.21 Å². The Morgan fingerprint density at radius 2 is 2.00 bits per heavy atom. The van der Waals surface area contributed by atoms with Crippen molar-refractivity contribution in [3.8, 4) is 0 Å². The number of hydrogen-bond donors (Lipinski definition) is 8. The number of hydrogen-bond acceptors (Lipinski definition) is 9. The zero-order valence-electron chi connectivity index (χ0n) is 11.7. The van der Waals surface area contributed by atoms with Crippen molar-refractivity contribution in [3.05, 3.63) is 16.0 Å². The summed E-state index contributed by atoms with van der Waals surface area (Å²) in [7, 11) is 0. The predicted molar refractivity (Wildman–Crippen MR) is 75.9 cm³/mol. The van der Waals surface area contributed by atoms with E-state index in [1.165, 1.54) is 0 Å². The van der Waals surface area contributed by atoms with Gasteiger partial charge in [-0.2, -0.15) is 4.68 Å². The molecule has 4 atom stereocenters. The normalized spacial score (nSPS) is 26.9. The SMILES string of the molecule is N=C(N)Nc1c(C(=N)N)nnn(C2OC(CO)C(O)C2O)c1=O. The molecule has 2 heterocycles. The van der Waals surface area contributed by atoms with Crippen molar-refractivity contribution in [1.29, 1.82) is 10.8 Å². The number of aromatic nitrogens is 3. The van der Waals surface area contributed by atoms with Gasteiger partial charge in [-0.25, -0.2) is 0 Å². The van der Waals surface area contributed by atoms with Gasteiger partial charge >= 0.3 is 0 Å². The first kappa shape index (κ1) is 16.8. The van der Waals surface area contributed by atoms with Crippen LogP contribution < -0.4 is 22.3 Å². The molecule has 1 aliphatic rings. The Kier molecular flexibility index (Phi) is 4.55. The summed E-state index contributed by atoms with van der Waals surface area (Å²) in [6.45, 7) is -0.582. The van der Waals surface area contributed by atoms with E-state index in [2.05, 4.69) is 15.6 Å². The van der Waals surface area contributed by atoms with Gasteiger partial charge < -0.3 is 36.8 Å². The van der Waals surface area contributed by atoms with Crippen LogP contribution in [0.2, 0.25) is 0 Å². The molecule has 1 fully saturated rings. The van der Waals surface area contributed by atoms with Crippen LogP contribution in [-0.2, 0) is 4.74 Å². The maximum absolute atomic E-state index is 12.4. The van der Waals surface area contributed by atoms with Gasteiger partial charge in [-0.15, -0.1) is 5.10 Å². The molecule has 2 rings (SSSR count). The smallest absolute Gasteiger partial charge is 0.296 e. The third-order valence-electron chi connectivity index (χ3n) is 3.17. The van der Waals surface area contributed by atoms with Gasteiger partial charge in [-0.05, 0) is 0 Å². The van der Waals surface area contributed by atoms with Crippen molar-refractivity contribution < 1.29 is 20.1 Å². The highest BCUT2D eigenvalue weighted by molar-refractivity contribution is 6.02. The highest BCUT2D eigenvalue weighted by Crippen LogP contribution is 2.27. The lowest BCUT2D eigenvalue weighted by atomic mass is 10.1. The van der Waals surface area contributed by atoms with E-state index >= 15 is 0 Å². The summed E-state index contributed by atoms with van der Waals surface area (Å²) in [5.74, 6) is -1.20. The van der Waals surface area contributed by atoms with Crippen LogP contribution in [0.5, 0.6) is 0 Å². The van der Waals surface area contributed by atoms with Gasteiger partial charge in [0.05, 0.1) is 6.61 Å². The summed E-state index contributed by atoms with van der Waals surface area (Å²) in [6.07, 6.45) is -5.51. The zero-order valence-corrected chi connectivity index (χ0v) is 11.7. The Hall–Kier alpha value is -2.61. The Morgan fingerprint density at radius 1 is 1.35 bits per heavy atom. The molecular formula is C10H16N8O5. The Bertz CT molecular complexity index is 690. The van der Waals surface area contributed by atoms with E-state index in [1.54, 1.807) is 0 Å². The van der Waals surface area contributed by atoms with E-state index in [4.69, 9.17) is 32.1 Å². The number of nitrogens with two attached hydrogens (primary N) is 2. The number of aliphatic hydroxyl groups excluding tert-OH is 3. The Labute approximate surface area is 128 Å². The Balaban J connectivity index is 2.51. The van der Waals surface area contributed by atoms with Gasteiger partial charge in [0.2, 0.25) is 0 Å². The van der Waals surface area contributed by atoms with Gasteiger partial charge in [0, 0.05) is 0 Å². The maximum Gasteiger partial charge on any atom is 0.296 e. The average molecular weight is 328 g/mol. The van der Waals surface area contributed by atoms with Crippen LogP contribution in [0.15, 0.2) is 4.79 Å². The Morgan fingerprint density at radius 3 is 2.48 bits per heavy atom. The highest BCUT2D eigenvalue weighted by Gasteiger charge is 2.44. The number of ether oxygens (including phenoxy) is 1. The summed E-state index contributed by atoms with van der Waals surface area (Å²) in [4.78, 5) is 12.4. The molecule has 0 aliphatic carbocycles. The molecule has 0 spiro atoms. The molecular weight excluding hydrogens is 312 g/mol. The fourth-order valence-electron chi connectivity index (χ4n) is 2.08. The number of amidine groups is 1. The minimum absolute atomic E-state index is 0.340. The first-order valence-electron chi connectivity index (χ1n) is 6.35. The zero-order chi connectivity index (χ0) is 17.3. The minimum atomic E-state index is -1.55. The third kappa shape index (κ3) is 2.98. The first-order valence-corrected chi connectivity index (χ1v) is 6.35. The number of nitrogens with one attached hydrogen (secondary N) is 3. The van der Waals surface area contributed by atoms with Crippen LogP contribution in [-0.4, -0.2) is 67.0 Å². The molecule has 10 N–H and O–H groups in total. The third-order valence-corrected chi connectivity index (χ3v) is 3.17. The van der Waals surface area contributed by atoms with Crippen molar-refractivity contribution in [3.63, 3.8) is 0 Å². The van der Waals surface area contributed by atoms with Crippen LogP contribution in [0.25, 0.3) is 0 Å². The van der Waals surface area contributed by atoms with Gasteiger partial charge in [0.1, 0.15) is 29.8 Å². The molecule has 1 saturated heterocycles. The summed E-state index contributed by atoms with van der Waals surface area (Å²) in [5.41, 5.74) is 8.77. The molecule has 0 saturated carbocycles. The second-order valence-electron chi connectivity index (χ2n) is 4.74. The summed E-state index contributed by atoms with van der Waals surface area (Å²) in [5, 5.41) is 52.5. The van der Waals surface area contributed by atoms with Crippen molar-refractivity contribution >= 4 is 17.5 Å². The van der Waals surface area contributed by atoms with E-state index in [9.17, 15) is 15.0 Å². The molecule has 23 heavy (non-hydrogen) atoms. The lowest BCUT2D eigenvalue weighted by Gasteiger charge is -2.17. The summed E-state index contributed by atoms with van der Waals surface area (Å²) < 4.78 is 5.77. The van der Waals surface area contributed by atoms with Crippen LogP contribution in [0, 0.1) is 10.8 Å². The monoisotopic (exact) mass is 328 g/mol. The van der Waals surface area contributed by atoms with Crippen molar-refractivity contribution in [2.45, 2.75) is 24.5 Å². The second kappa shape index (κ2) is 6.25. The largest absolute Gasteiger partial charge is 0.394 e. The molecule has 1 aliphatic heterocycles. The van der Waals surface area contributed by atoms with Gasteiger partial charge in [-0.3, -0.25) is 15.6 Å². The molecule has 1 aromatic rings. The molecule has 1 aromatic heterocycles. The molecule has 0 bridgehead atoms. The second-order valence-corrected chi connectivity index (χ2v) is 4.74. The molecule has 0 radical (unpaired) electrons. The number of nitrogens with zero attached hydrogens (tertiary/aromatic N) is 3. The summed E-state index contributed by atoms with van der Waals surface area (Å²) >= 11 is 0. The standard InChI is InChI=1S/C10H16N8O5/c11-7(12)3-4(15-10(13)14)8(22)18(17-16-3)9-6(21)5(20)2(1-19)23-9/h2,5-6,9,19-21H,1H2,(H3,11,12)(H4,13,14,15). The molecule has 13 nitrogen and oxygen atoms in total. The highest BCUT2D eigenvalue weighted by atomic mass is 16.6. The van der Waals surface area contributed by atoms with Gasteiger partial charge in [0.25, 0.3) is 5.56 Å². The number of guanidine groups is 1. The van der Waals surface area contributed by atoms with Crippen LogP contribution >= 0.6 is 0 Å². The van der Waals surface area contributed by atoms with Crippen molar-refractivity contribution in [2.24, 2.45) is 11.5 Å². The molecule has 0 aromatic carbocycles. The van der Waals surface area contributed by atoms with E-state index in [-0.39, 0.29) is 5.69 Å². The molecule has 0 amide bonds. The van der Waals surface area contributed by atoms with E-state index in [0.29, 0.717) is 4.68 Å². The van der Waals surface area contributed by atoms with Crippen molar-refractivity contribution in [2.75, 3.05) is 11.9 Å². The first-order chi connectivity index (χ1) is 10.8. The lowest BCUT2D eigenvalue weighted by Crippen LogP contribution is -2.40. The van der Waals surface area contributed by atoms with Crippen molar-refractivity contribution in [1.82, 2.24) is 15.0 Å². The van der Waals surface area contributed by atoms with E-state index in [0.717, 1.165) is 0 Å². The molecule has 126 valence electrons. The predicted octanol–water partition coefficient (Wildman–Crippen LogP) is -4.16. The lowest BCUT2D eigenvalue weighted by molar-refractivity contribution is -0.0622. The number of anilines is 1. The van der Waals surface area contributed by atoms with Crippen LogP contribution in [0.4, 0.5) is 5.69 Å². The van der Waals surface area contributed by atoms with E-state index < -0.39 is 54.2 Å². The van der Waals surface area contributed by atoms with Crippen LogP contribution in [0.3, 0.4) is 0 Å².